The van der Waals surface area contributed by atoms with Crippen molar-refractivity contribution in [2.24, 2.45) is 5.41 Å². The zero-order chi connectivity index (χ0) is 14.1. The third kappa shape index (κ3) is 6.21. The Labute approximate surface area is 118 Å². The molecule has 1 heterocycles. The summed E-state index contributed by atoms with van der Waals surface area (Å²) in [5, 5.41) is 3.69. The van der Waals surface area contributed by atoms with Crippen molar-refractivity contribution in [2.75, 3.05) is 53.6 Å². The molecule has 19 heavy (non-hydrogen) atoms. The highest BCUT2D eigenvalue weighted by atomic mass is 16.5. The number of ether oxygens (including phenoxy) is 2. The summed E-state index contributed by atoms with van der Waals surface area (Å²) >= 11 is 0. The van der Waals surface area contributed by atoms with Gasteiger partial charge in [-0.1, -0.05) is 13.8 Å². The lowest BCUT2D eigenvalue weighted by Crippen LogP contribution is -2.53. The summed E-state index contributed by atoms with van der Waals surface area (Å²) < 4.78 is 10.4. The standard InChI is InChI=1S/C15H32N2O2/c1-15(2)7-5-8-16-14(15)13-17(10-12-19-4)9-6-11-18-3/h14,16H,5-13H2,1-4H3. The number of piperidine rings is 1. The van der Waals surface area contributed by atoms with Crippen LogP contribution in [0.4, 0.5) is 0 Å². The van der Waals surface area contributed by atoms with Crippen molar-refractivity contribution >= 4 is 0 Å². The van der Waals surface area contributed by atoms with Crippen LogP contribution in [0.2, 0.25) is 0 Å². The van der Waals surface area contributed by atoms with Crippen LogP contribution in [-0.4, -0.2) is 64.6 Å². The van der Waals surface area contributed by atoms with E-state index in [0.29, 0.717) is 11.5 Å². The van der Waals surface area contributed by atoms with Crippen molar-refractivity contribution in [3.05, 3.63) is 0 Å². The Hall–Kier alpha value is -0.160. The quantitative estimate of drug-likeness (QED) is 0.648. The molecule has 1 atom stereocenters. The fourth-order valence-electron chi connectivity index (χ4n) is 2.79. The van der Waals surface area contributed by atoms with Gasteiger partial charge in [0.1, 0.15) is 0 Å². The molecule has 4 nitrogen and oxygen atoms in total. The van der Waals surface area contributed by atoms with Gasteiger partial charge in [0, 0.05) is 46.5 Å². The van der Waals surface area contributed by atoms with Gasteiger partial charge < -0.3 is 14.8 Å². The van der Waals surface area contributed by atoms with Gasteiger partial charge in [0.15, 0.2) is 0 Å². The van der Waals surface area contributed by atoms with Crippen molar-refractivity contribution in [2.45, 2.75) is 39.2 Å². The molecule has 0 aromatic heterocycles. The van der Waals surface area contributed by atoms with Crippen molar-refractivity contribution < 1.29 is 9.47 Å². The first-order valence-electron chi connectivity index (χ1n) is 7.54. The van der Waals surface area contributed by atoms with Crippen LogP contribution in [0.3, 0.4) is 0 Å². The van der Waals surface area contributed by atoms with Crippen molar-refractivity contribution in [3.8, 4) is 0 Å². The van der Waals surface area contributed by atoms with Crippen molar-refractivity contribution in [3.63, 3.8) is 0 Å². The van der Waals surface area contributed by atoms with Crippen LogP contribution in [0.15, 0.2) is 0 Å². The zero-order valence-electron chi connectivity index (χ0n) is 13.2. The highest BCUT2D eigenvalue weighted by Crippen LogP contribution is 2.30. The Morgan fingerprint density at radius 3 is 2.53 bits per heavy atom. The van der Waals surface area contributed by atoms with E-state index in [9.17, 15) is 0 Å². The molecular weight excluding hydrogens is 240 g/mol. The molecule has 1 unspecified atom stereocenters. The average molecular weight is 272 g/mol. The second-order valence-corrected chi connectivity index (χ2v) is 6.24. The first-order valence-corrected chi connectivity index (χ1v) is 7.54. The van der Waals surface area contributed by atoms with Crippen LogP contribution in [0, 0.1) is 5.41 Å². The van der Waals surface area contributed by atoms with E-state index >= 15 is 0 Å². The van der Waals surface area contributed by atoms with Gasteiger partial charge >= 0.3 is 0 Å². The largest absolute Gasteiger partial charge is 0.385 e. The number of hydrogen-bond donors (Lipinski definition) is 1. The fraction of sp³-hybridized carbons (Fsp3) is 1.00. The van der Waals surface area contributed by atoms with Crippen LogP contribution in [0.25, 0.3) is 0 Å². The second kappa shape index (κ2) is 8.90. The minimum absolute atomic E-state index is 0.394. The third-order valence-electron chi connectivity index (χ3n) is 4.21. The summed E-state index contributed by atoms with van der Waals surface area (Å²) in [7, 11) is 3.54. The number of hydrogen-bond acceptors (Lipinski definition) is 4. The van der Waals surface area contributed by atoms with Gasteiger partial charge in [-0.3, -0.25) is 4.90 Å². The van der Waals surface area contributed by atoms with E-state index < -0.39 is 0 Å². The first kappa shape index (κ1) is 16.9. The monoisotopic (exact) mass is 272 g/mol. The summed E-state index contributed by atoms with van der Waals surface area (Å²) in [6.45, 7) is 10.8. The predicted molar refractivity (Wildman–Crippen MR) is 79.6 cm³/mol. The van der Waals surface area contributed by atoms with Gasteiger partial charge in [-0.25, -0.2) is 0 Å². The maximum absolute atomic E-state index is 5.23. The maximum atomic E-state index is 5.23. The van der Waals surface area contributed by atoms with Crippen molar-refractivity contribution in [1.29, 1.82) is 0 Å². The van der Waals surface area contributed by atoms with Crippen LogP contribution in [-0.2, 0) is 9.47 Å². The molecule has 1 aliphatic rings. The molecule has 0 saturated carbocycles. The third-order valence-corrected chi connectivity index (χ3v) is 4.21. The number of methoxy groups -OCH3 is 2. The first-order chi connectivity index (χ1) is 9.10. The molecule has 0 bridgehead atoms. The Morgan fingerprint density at radius 2 is 1.89 bits per heavy atom. The van der Waals surface area contributed by atoms with Gasteiger partial charge in [-0.05, 0) is 31.2 Å². The lowest BCUT2D eigenvalue weighted by atomic mass is 9.77. The van der Waals surface area contributed by atoms with E-state index in [0.717, 1.165) is 45.8 Å². The maximum Gasteiger partial charge on any atom is 0.0589 e. The van der Waals surface area contributed by atoms with Crippen LogP contribution < -0.4 is 5.32 Å². The van der Waals surface area contributed by atoms with E-state index in [-0.39, 0.29) is 0 Å². The summed E-state index contributed by atoms with van der Waals surface area (Å²) in [6.07, 6.45) is 3.71. The molecule has 1 rings (SSSR count). The molecule has 0 radical (unpaired) electrons. The van der Waals surface area contributed by atoms with E-state index in [1.807, 2.05) is 0 Å². The van der Waals surface area contributed by atoms with E-state index in [4.69, 9.17) is 9.47 Å². The van der Waals surface area contributed by atoms with Gasteiger partial charge in [0.05, 0.1) is 6.61 Å². The Bertz CT molecular complexity index is 234. The molecule has 1 N–H and O–H groups in total. The minimum atomic E-state index is 0.394. The number of rotatable bonds is 9. The second-order valence-electron chi connectivity index (χ2n) is 6.24. The molecule has 0 amide bonds. The van der Waals surface area contributed by atoms with Crippen molar-refractivity contribution in [1.82, 2.24) is 10.2 Å². The predicted octanol–water partition coefficient (Wildman–Crippen LogP) is 1.75. The Morgan fingerprint density at radius 1 is 1.16 bits per heavy atom. The van der Waals surface area contributed by atoms with Gasteiger partial charge in [0.2, 0.25) is 0 Å². The van der Waals surface area contributed by atoms with E-state index in [1.54, 1.807) is 14.2 Å². The molecule has 0 aromatic rings. The molecule has 1 fully saturated rings. The average Bonchev–Trinajstić information content (AvgIpc) is 2.38. The molecular formula is C15H32N2O2. The van der Waals surface area contributed by atoms with Crippen LogP contribution in [0.5, 0.6) is 0 Å². The summed E-state index contributed by atoms with van der Waals surface area (Å²) in [5.41, 5.74) is 0.394. The molecule has 0 aliphatic carbocycles. The van der Waals surface area contributed by atoms with E-state index in [1.165, 1.54) is 12.8 Å². The van der Waals surface area contributed by atoms with E-state index in [2.05, 4.69) is 24.1 Å². The van der Waals surface area contributed by atoms with Gasteiger partial charge in [-0.2, -0.15) is 0 Å². The minimum Gasteiger partial charge on any atom is -0.385 e. The lowest BCUT2D eigenvalue weighted by Gasteiger charge is -2.42. The summed E-state index contributed by atoms with van der Waals surface area (Å²) in [4.78, 5) is 2.51. The smallest absolute Gasteiger partial charge is 0.0589 e. The van der Waals surface area contributed by atoms with Gasteiger partial charge in [0.25, 0.3) is 0 Å². The fourth-order valence-corrected chi connectivity index (χ4v) is 2.79. The topological polar surface area (TPSA) is 33.7 Å². The molecule has 4 heteroatoms. The molecule has 114 valence electrons. The van der Waals surface area contributed by atoms with Gasteiger partial charge in [-0.15, -0.1) is 0 Å². The Kier molecular flexibility index (Phi) is 7.91. The number of nitrogens with one attached hydrogen (secondary N) is 1. The highest BCUT2D eigenvalue weighted by molar-refractivity contribution is 4.90. The molecule has 1 saturated heterocycles. The molecule has 0 spiro atoms. The highest BCUT2D eigenvalue weighted by Gasteiger charge is 2.32. The van der Waals surface area contributed by atoms with Crippen LogP contribution >= 0.6 is 0 Å². The SMILES string of the molecule is COCCCN(CCOC)CC1NCCCC1(C)C. The van der Waals surface area contributed by atoms with Crippen LogP contribution in [0.1, 0.15) is 33.1 Å². The number of nitrogens with zero attached hydrogens (tertiary/aromatic N) is 1. The Balaban J connectivity index is 2.44. The summed E-state index contributed by atoms with van der Waals surface area (Å²) in [5.74, 6) is 0. The summed E-state index contributed by atoms with van der Waals surface area (Å²) in [6, 6.07) is 0.584. The normalized spacial score (nSPS) is 22.9. The molecule has 0 aromatic carbocycles. The zero-order valence-corrected chi connectivity index (χ0v) is 13.2. The lowest BCUT2D eigenvalue weighted by molar-refractivity contribution is 0.0925. The molecule has 1 aliphatic heterocycles.